The second-order valence-electron chi connectivity index (χ2n) is 9.00. The number of likely N-dealkylation sites (tertiary alicyclic amines) is 1. The minimum Gasteiger partial charge on any atom is -0.444 e. The van der Waals surface area contributed by atoms with Gasteiger partial charge in [0.2, 0.25) is 0 Å². The van der Waals surface area contributed by atoms with Gasteiger partial charge in [0.1, 0.15) is 5.60 Å². The van der Waals surface area contributed by atoms with Crippen LogP contribution in [0.15, 0.2) is 48.5 Å². The van der Waals surface area contributed by atoms with Crippen molar-refractivity contribution in [3.63, 3.8) is 0 Å². The van der Waals surface area contributed by atoms with Crippen molar-refractivity contribution in [3.05, 3.63) is 70.2 Å². The molecule has 0 spiro atoms. The van der Waals surface area contributed by atoms with Gasteiger partial charge in [-0.15, -0.1) is 0 Å². The van der Waals surface area contributed by atoms with Gasteiger partial charge in [0.05, 0.1) is 12.1 Å². The zero-order valence-electron chi connectivity index (χ0n) is 18.3. The number of aryl methyl sites for hydroxylation is 1. The number of hydrogen-bond donors (Lipinski definition) is 1. The molecule has 162 valence electrons. The van der Waals surface area contributed by atoms with Gasteiger partial charge in [-0.25, -0.2) is 4.79 Å². The number of ether oxygens (including phenoxy) is 1. The zero-order chi connectivity index (χ0) is 21.9. The Morgan fingerprint density at radius 2 is 1.90 bits per heavy atom. The summed E-state index contributed by atoms with van der Waals surface area (Å²) in [4.78, 5) is 14.5. The van der Waals surface area contributed by atoms with Crippen LogP contribution in [0.3, 0.4) is 0 Å². The molecule has 2 aromatic rings. The van der Waals surface area contributed by atoms with Gasteiger partial charge in [-0.1, -0.05) is 54.9 Å². The highest BCUT2D eigenvalue weighted by Gasteiger charge is 2.40. The summed E-state index contributed by atoms with van der Waals surface area (Å²) in [5.74, 6) is -0.262. The van der Waals surface area contributed by atoms with E-state index in [1.54, 1.807) is 4.90 Å². The normalized spacial score (nSPS) is 18.9. The molecule has 1 saturated heterocycles. The maximum absolute atomic E-state index is 12.8. The summed E-state index contributed by atoms with van der Waals surface area (Å²) in [6.07, 6.45) is 1.40. The zero-order valence-corrected chi connectivity index (χ0v) is 19.0. The fourth-order valence-electron chi connectivity index (χ4n) is 4.18. The third-order valence-corrected chi connectivity index (χ3v) is 5.86. The molecule has 0 unspecified atom stereocenters. The largest absolute Gasteiger partial charge is 0.444 e. The van der Waals surface area contributed by atoms with Crippen LogP contribution in [0, 0.1) is 0 Å². The predicted octanol–water partition coefficient (Wildman–Crippen LogP) is 5.79. The average molecular weight is 430 g/mol. The molecule has 1 aliphatic heterocycles. The van der Waals surface area contributed by atoms with Crippen LogP contribution in [-0.2, 0) is 11.2 Å². The number of hydrogen-bond acceptors (Lipinski definition) is 3. The molecular formula is C25H32ClNO3. The molecule has 1 N–H and O–H groups in total. The molecule has 1 heterocycles. The van der Waals surface area contributed by atoms with Crippen molar-refractivity contribution in [3.8, 4) is 0 Å². The molecule has 4 nitrogen and oxygen atoms in total. The van der Waals surface area contributed by atoms with Crippen molar-refractivity contribution in [2.75, 3.05) is 6.54 Å². The van der Waals surface area contributed by atoms with Crippen LogP contribution in [0.1, 0.15) is 63.1 Å². The molecular weight excluding hydrogens is 398 g/mol. The van der Waals surface area contributed by atoms with E-state index in [2.05, 4.69) is 25.1 Å². The Labute approximate surface area is 184 Å². The van der Waals surface area contributed by atoms with Gasteiger partial charge in [-0.2, -0.15) is 0 Å². The van der Waals surface area contributed by atoms with E-state index in [4.69, 9.17) is 16.3 Å². The Balaban J connectivity index is 1.96. The molecule has 0 bridgehead atoms. The molecule has 0 saturated carbocycles. The molecule has 5 heteroatoms. The lowest BCUT2D eigenvalue weighted by atomic mass is 9.82. The monoisotopic (exact) mass is 429 g/mol. The first-order chi connectivity index (χ1) is 14.2. The van der Waals surface area contributed by atoms with Gasteiger partial charge in [0.25, 0.3) is 0 Å². The third-order valence-electron chi connectivity index (χ3n) is 5.61. The summed E-state index contributed by atoms with van der Waals surface area (Å²) in [5.41, 5.74) is 2.67. The highest BCUT2D eigenvalue weighted by atomic mass is 35.5. The van der Waals surface area contributed by atoms with Crippen molar-refractivity contribution >= 4 is 17.7 Å². The number of aliphatic hydroxyl groups excluding tert-OH is 1. The summed E-state index contributed by atoms with van der Waals surface area (Å²) in [7, 11) is 0. The number of rotatable bonds is 5. The second-order valence-corrected chi connectivity index (χ2v) is 9.44. The number of benzene rings is 2. The summed E-state index contributed by atoms with van der Waals surface area (Å²) >= 11 is 6.11. The molecule has 0 radical (unpaired) electrons. The molecule has 30 heavy (non-hydrogen) atoms. The molecule has 0 aromatic heterocycles. The molecule has 3 rings (SSSR count). The lowest BCUT2D eigenvalue weighted by molar-refractivity contribution is 0.00255. The van der Waals surface area contributed by atoms with E-state index in [9.17, 15) is 9.90 Å². The second kappa shape index (κ2) is 9.40. The topological polar surface area (TPSA) is 49.8 Å². The summed E-state index contributed by atoms with van der Waals surface area (Å²) < 4.78 is 5.60. The van der Waals surface area contributed by atoms with Crippen LogP contribution in [-0.4, -0.2) is 40.4 Å². The first kappa shape index (κ1) is 22.6. The Morgan fingerprint density at radius 1 is 1.20 bits per heavy atom. The SMILES string of the molecule is CCc1cccc([C@@H](c2ccc(Cl)cc2)[C@@H](O)[C@H]2CCCN2C(=O)OC(C)(C)C)c1. The molecule has 1 aliphatic rings. The van der Waals surface area contributed by atoms with Crippen molar-refractivity contribution in [2.24, 2.45) is 0 Å². The van der Waals surface area contributed by atoms with Crippen LogP contribution in [0.2, 0.25) is 5.02 Å². The van der Waals surface area contributed by atoms with Crippen molar-refractivity contribution in [2.45, 2.75) is 70.6 Å². The van der Waals surface area contributed by atoms with Crippen LogP contribution in [0.4, 0.5) is 4.79 Å². The quantitative estimate of drug-likeness (QED) is 0.653. The molecule has 3 atom stereocenters. The third kappa shape index (κ3) is 5.35. The van der Waals surface area contributed by atoms with E-state index >= 15 is 0 Å². The lowest BCUT2D eigenvalue weighted by Crippen LogP contribution is -2.47. The van der Waals surface area contributed by atoms with E-state index in [0.717, 1.165) is 30.4 Å². The predicted molar refractivity (Wildman–Crippen MR) is 121 cm³/mol. The molecule has 2 aromatic carbocycles. The number of halogens is 1. The Kier molecular flexibility index (Phi) is 7.10. The Bertz CT molecular complexity index is 859. The minimum absolute atomic E-state index is 0.262. The van der Waals surface area contributed by atoms with E-state index in [1.807, 2.05) is 51.1 Å². The van der Waals surface area contributed by atoms with E-state index in [1.165, 1.54) is 5.56 Å². The summed E-state index contributed by atoms with van der Waals surface area (Å²) in [6.45, 7) is 8.30. The number of carbonyl (C=O) groups is 1. The van der Waals surface area contributed by atoms with Crippen molar-refractivity contribution in [1.29, 1.82) is 0 Å². The van der Waals surface area contributed by atoms with Crippen LogP contribution < -0.4 is 0 Å². The first-order valence-corrected chi connectivity index (χ1v) is 11.1. The van der Waals surface area contributed by atoms with Crippen molar-refractivity contribution < 1.29 is 14.6 Å². The molecule has 1 fully saturated rings. The van der Waals surface area contributed by atoms with Gasteiger partial charge < -0.3 is 14.7 Å². The number of amides is 1. The Hall–Kier alpha value is -2.04. The van der Waals surface area contributed by atoms with Gasteiger partial charge in [0.15, 0.2) is 0 Å². The maximum atomic E-state index is 12.8. The minimum atomic E-state index is -0.756. The van der Waals surface area contributed by atoms with Crippen LogP contribution in [0.5, 0.6) is 0 Å². The summed E-state index contributed by atoms with van der Waals surface area (Å²) in [5, 5.41) is 12.2. The summed E-state index contributed by atoms with van der Waals surface area (Å²) in [6, 6.07) is 15.6. The average Bonchev–Trinajstić information content (AvgIpc) is 3.19. The fraction of sp³-hybridized carbons (Fsp3) is 0.480. The standard InChI is InChI=1S/C25H32ClNO3/c1-5-17-8-6-9-19(16-17)22(18-11-13-20(26)14-12-18)23(28)21-10-7-15-27(21)24(29)30-25(2,3)4/h6,8-9,11-14,16,21-23,28H,5,7,10,15H2,1-4H3/t21-,22-,23+/m1/s1. The molecule has 1 amide bonds. The highest BCUT2D eigenvalue weighted by molar-refractivity contribution is 6.30. The molecule has 0 aliphatic carbocycles. The van der Waals surface area contributed by atoms with E-state index in [0.29, 0.717) is 11.6 Å². The van der Waals surface area contributed by atoms with Gasteiger partial charge in [-0.3, -0.25) is 0 Å². The van der Waals surface area contributed by atoms with E-state index < -0.39 is 11.7 Å². The Morgan fingerprint density at radius 3 is 2.53 bits per heavy atom. The lowest BCUT2D eigenvalue weighted by Gasteiger charge is -2.35. The number of carbonyl (C=O) groups excluding carboxylic acids is 1. The van der Waals surface area contributed by atoms with Gasteiger partial charge >= 0.3 is 6.09 Å². The van der Waals surface area contributed by atoms with Crippen LogP contribution in [0.25, 0.3) is 0 Å². The van der Waals surface area contributed by atoms with Gasteiger partial charge in [-0.05, 0) is 68.9 Å². The highest BCUT2D eigenvalue weighted by Crippen LogP contribution is 2.36. The fourth-order valence-corrected chi connectivity index (χ4v) is 4.31. The number of aliphatic hydroxyl groups is 1. The van der Waals surface area contributed by atoms with Crippen LogP contribution >= 0.6 is 11.6 Å². The smallest absolute Gasteiger partial charge is 0.410 e. The number of nitrogens with zero attached hydrogens (tertiary/aromatic N) is 1. The van der Waals surface area contributed by atoms with Gasteiger partial charge in [0, 0.05) is 17.5 Å². The van der Waals surface area contributed by atoms with E-state index in [-0.39, 0.29) is 18.1 Å². The van der Waals surface area contributed by atoms with Crippen molar-refractivity contribution in [1.82, 2.24) is 4.90 Å². The maximum Gasteiger partial charge on any atom is 0.410 e. The first-order valence-electron chi connectivity index (χ1n) is 10.7.